The van der Waals surface area contributed by atoms with Crippen molar-refractivity contribution in [2.24, 2.45) is 5.92 Å². The smallest absolute Gasteiger partial charge is 0.388 e. The molecule has 0 aliphatic rings. The summed E-state index contributed by atoms with van der Waals surface area (Å²) < 4.78 is 36.7. The molecular formula is C10H18F3N3O. The molecular weight excluding hydrogens is 235 g/mol. The molecule has 0 amide bonds. The van der Waals surface area contributed by atoms with E-state index in [1.807, 2.05) is 0 Å². The molecule has 0 aromatic carbocycles. The number of likely N-dealkylation sites (N-methyl/N-ethyl adjacent to an activating group) is 1. The zero-order valence-electron chi connectivity index (χ0n) is 10.2. The number of nitrogens with zero attached hydrogens (tertiary/aromatic N) is 2. The van der Waals surface area contributed by atoms with Crippen molar-refractivity contribution in [1.82, 2.24) is 10.2 Å². The van der Waals surface area contributed by atoms with Crippen LogP contribution in [0.4, 0.5) is 13.2 Å². The molecule has 0 spiro atoms. The summed E-state index contributed by atoms with van der Waals surface area (Å²) in [5, 5.41) is 20.6. The van der Waals surface area contributed by atoms with Crippen LogP contribution in [-0.4, -0.2) is 55.5 Å². The average Bonchev–Trinajstić information content (AvgIpc) is 2.07. The van der Waals surface area contributed by atoms with Gasteiger partial charge in [0.05, 0.1) is 11.7 Å². The van der Waals surface area contributed by atoms with Gasteiger partial charge in [0.2, 0.25) is 0 Å². The molecule has 2 unspecified atom stereocenters. The van der Waals surface area contributed by atoms with Gasteiger partial charge in [-0.3, -0.25) is 0 Å². The highest BCUT2D eigenvalue weighted by atomic mass is 19.4. The Kier molecular flexibility index (Phi) is 5.88. The van der Waals surface area contributed by atoms with Gasteiger partial charge in [-0.15, -0.1) is 0 Å². The number of aliphatic hydroxyl groups is 1. The molecule has 0 aliphatic carbocycles. The fourth-order valence-corrected chi connectivity index (χ4v) is 1.46. The monoisotopic (exact) mass is 253 g/mol. The zero-order chi connectivity index (χ0) is 13.7. The van der Waals surface area contributed by atoms with Gasteiger partial charge in [0.25, 0.3) is 0 Å². The van der Waals surface area contributed by atoms with Crippen LogP contribution in [0.15, 0.2) is 0 Å². The molecule has 0 aromatic rings. The molecule has 0 radical (unpaired) electrons. The third kappa shape index (κ3) is 7.15. The van der Waals surface area contributed by atoms with Gasteiger partial charge in [-0.1, -0.05) is 0 Å². The number of nitriles is 1. The summed E-state index contributed by atoms with van der Waals surface area (Å²) in [6.07, 6.45) is -4.53. The SMILES string of the molecule is CN(C)CC(C)(O)CNCC(C#N)C(F)(F)F. The molecule has 100 valence electrons. The highest BCUT2D eigenvalue weighted by Crippen LogP contribution is 2.24. The standard InChI is InChI=1S/C10H18F3N3O/c1-9(17,7-16(2)3)6-15-5-8(4-14)10(11,12)13/h8,15,17H,5-7H2,1-3H3. The van der Waals surface area contributed by atoms with E-state index in [1.54, 1.807) is 19.0 Å². The van der Waals surface area contributed by atoms with Crippen molar-refractivity contribution in [1.29, 1.82) is 5.26 Å². The minimum Gasteiger partial charge on any atom is -0.388 e. The van der Waals surface area contributed by atoms with Gasteiger partial charge in [0, 0.05) is 19.6 Å². The Bertz CT molecular complexity index is 271. The van der Waals surface area contributed by atoms with E-state index >= 15 is 0 Å². The first-order valence-electron chi connectivity index (χ1n) is 5.12. The fourth-order valence-electron chi connectivity index (χ4n) is 1.46. The van der Waals surface area contributed by atoms with Crippen molar-refractivity contribution < 1.29 is 18.3 Å². The molecule has 4 nitrogen and oxygen atoms in total. The molecule has 0 aromatic heterocycles. The number of halogens is 3. The summed E-state index contributed by atoms with van der Waals surface area (Å²) in [4.78, 5) is 1.73. The van der Waals surface area contributed by atoms with Gasteiger partial charge in [0.15, 0.2) is 5.92 Å². The highest BCUT2D eigenvalue weighted by molar-refractivity contribution is 4.90. The van der Waals surface area contributed by atoms with Crippen LogP contribution in [0.3, 0.4) is 0 Å². The van der Waals surface area contributed by atoms with E-state index in [9.17, 15) is 18.3 Å². The third-order valence-electron chi connectivity index (χ3n) is 2.06. The Morgan fingerprint density at radius 1 is 1.41 bits per heavy atom. The number of nitrogens with one attached hydrogen (secondary N) is 1. The average molecular weight is 253 g/mol. The normalized spacial score (nSPS) is 17.6. The first kappa shape index (κ1) is 16.2. The topological polar surface area (TPSA) is 59.3 Å². The molecule has 0 saturated carbocycles. The zero-order valence-corrected chi connectivity index (χ0v) is 10.2. The van der Waals surface area contributed by atoms with E-state index in [4.69, 9.17) is 5.26 Å². The Hall–Kier alpha value is -0.840. The van der Waals surface area contributed by atoms with Gasteiger partial charge in [-0.2, -0.15) is 18.4 Å². The van der Waals surface area contributed by atoms with Crippen LogP contribution in [0, 0.1) is 17.2 Å². The van der Waals surface area contributed by atoms with Gasteiger partial charge in [-0.25, -0.2) is 0 Å². The van der Waals surface area contributed by atoms with Crippen molar-refractivity contribution >= 4 is 0 Å². The van der Waals surface area contributed by atoms with Crippen molar-refractivity contribution in [3.8, 4) is 6.07 Å². The van der Waals surface area contributed by atoms with Crippen LogP contribution in [0.25, 0.3) is 0 Å². The molecule has 2 atom stereocenters. The Morgan fingerprint density at radius 2 is 1.94 bits per heavy atom. The summed E-state index contributed by atoms with van der Waals surface area (Å²) in [7, 11) is 3.50. The van der Waals surface area contributed by atoms with Crippen LogP contribution in [0.1, 0.15) is 6.92 Å². The summed E-state index contributed by atoms with van der Waals surface area (Å²) in [6, 6.07) is 1.19. The number of hydrogen-bond donors (Lipinski definition) is 2. The lowest BCUT2D eigenvalue weighted by molar-refractivity contribution is -0.158. The second kappa shape index (κ2) is 6.19. The predicted octanol–water partition coefficient (Wildman–Crippen LogP) is 0.591. The van der Waals surface area contributed by atoms with E-state index in [2.05, 4.69) is 5.32 Å². The summed E-state index contributed by atoms with van der Waals surface area (Å²) in [5.41, 5.74) is -1.13. The van der Waals surface area contributed by atoms with Gasteiger partial charge in [-0.05, 0) is 21.0 Å². The van der Waals surface area contributed by atoms with Crippen LogP contribution in [-0.2, 0) is 0 Å². The molecule has 0 saturated heterocycles. The minimum atomic E-state index is -4.53. The van der Waals surface area contributed by atoms with Crippen LogP contribution < -0.4 is 5.32 Å². The van der Waals surface area contributed by atoms with E-state index in [0.29, 0.717) is 6.54 Å². The molecule has 0 fully saturated rings. The van der Waals surface area contributed by atoms with Crippen molar-refractivity contribution in [2.75, 3.05) is 33.7 Å². The maximum atomic E-state index is 12.2. The number of hydrogen-bond acceptors (Lipinski definition) is 4. The maximum Gasteiger partial charge on any atom is 0.405 e. The quantitative estimate of drug-likeness (QED) is 0.727. The van der Waals surface area contributed by atoms with E-state index in [-0.39, 0.29) is 6.54 Å². The molecule has 17 heavy (non-hydrogen) atoms. The maximum absolute atomic E-state index is 12.2. The minimum absolute atomic E-state index is 0.000556. The Balaban J connectivity index is 4.10. The van der Waals surface area contributed by atoms with Crippen LogP contribution in [0.2, 0.25) is 0 Å². The van der Waals surface area contributed by atoms with Gasteiger partial charge in [0.1, 0.15) is 0 Å². The molecule has 0 rings (SSSR count). The molecule has 0 bridgehead atoms. The molecule has 0 aliphatic heterocycles. The second-order valence-corrected chi connectivity index (χ2v) is 4.59. The van der Waals surface area contributed by atoms with Crippen LogP contribution >= 0.6 is 0 Å². The molecule has 0 heterocycles. The van der Waals surface area contributed by atoms with E-state index in [1.165, 1.54) is 13.0 Å². The number of alkyl halides is 3. The lowest BCUT2D eigenvalue weighted by atomic mass is 10.1. The van der Waals surface area contributed by atoms with Gasteiger partial charge < -0.3 is 15.3 Å². The lowest BCUT2D eigenvalue weighted by Crippen LogP contribution is -2.47. The lowest BCUT2D eigenvalue weighted by Gasteiger charge is -2.27. The van der Waals surface area contributed by atoms with Crippen molar-refractivity contribution in [3.05, 3.63) is 0 Å². The van der Waals surface area contributed by atoms with Crippen molar-refractivity contribution in [2.45, 2.75) is 18.7 Å². The van der Waals surface area contributed by atoms with Crippen molar-refractivity contribution in [3.63, 3.8) is 0 Å². The number of rotatable bonds is 6. The summed E-state index contributed by atoms with van der Waals surface area (Å²) in [6.45, 7) is 1.33. The Labute approximate surface area is 99.0 Å². The predicted molar refractivity (Wildman–Crippen MR) is 57.2 cm³/mol. The summed E-state index contributed by atoms with van der Waals surface area (Å²) in [5.74, 6) is -2.04. The second-order valence-electron chi connectivity index (χ2n) is 4.59. The third-order valence-corrected chi connectivity index (χ3v) is 2.06. The van der Waals surface area contributed by atoms with Crippen LogP contribution in [0.5, 0.6) is 0 Å². The molecule has 2 N–H and O–H groups in total. The van der Waals surface area contributed by atoms with E-state index in [0.717, 1.165) is 0 Å². The first-order valence-corrected chi connectivity index (χ1v) is 5.12. The summed E-state index contributed by atoms with van der Waals surface area (Å²) >= 11 is 0. The fraction of sp³-hybridized carbons (Fsp3) is 0.900. The largest absolute Gasteiger partial charge is 0.405 e. The highest BCUT2D eigenvalue weighted by Gasteiger charge is 2.39. The first-order chi connectivity index (χ1) is 7.58. The van der Waals surface area contributed by atoms with Gasteiger partial charge >= 0.3 is 6.18 Å². The molecule has 7 heteroatoms. The Morgan fingerprint density at radius 3 is 2.29 bits per heavy atom. The van der Waals surface area contributed by atoms with E-state index < -0.39 is 24.2 Å².